The molecule has 0 aliphatic carbocycles. The van der Waals surface area contributed by atoms with Crippen LogP contribution in [0.5, 0.6) is 0 Å². The van der Waals surface area contributed by atoms with Crippen molar-refractivity contribution in [2.45, 2.75) is 31.4 Å². The van der Waals surface area contributed by atoms with Crippen LogP contribution in [0.25, 0.3) is 0 Å². The molecule has 1 fully saturated rings. The van der Waals surface area contributed by atoms with E-state index in [2.05, 4.69) is 0 Å². The highest BCUT2D eigenvalue weighted by molar-refractivity contribution is 5.77. The predicted octanol–water partition coefficient (Wildman–Crippen LogP) is 1.08. The van der Waals surface area contributed by atoms with Crippen LogP contribution < -0.4 is 5.73 Å². The summed E-state index contributed by atoms with van der Waals surface area (Å²) in [6, 6.07) is 9.46. The van der Waals surface area contributed by atoms with Crippen LogP contribution in [0.3, 0.4) is 0 Å². The van der Waals surface area contributed by atoms with Crippen LogP contribution in [0, 0.1) is 0 Å². The maximum absolute atomic E-state index is 12.3. The average Bonchev–Trinajstić information content (AvgIpc) is 2.54. The smallest absolute Gasteiger partial charge is 0.224 e. The Morgan fingerprint density at radius 3 is 2.62 bits per heavy atom. The number of piperidine rings is 1. The molecule has 1 amide bonds. The van der Waals surface area contributed by atoms with E-state index in [-0.39, 0.29) is 24.7 Å². The number of aliphatic hydroxyl groups is 1. The fourth-order valence-corrected chi connectivity index (χ4v) is 2.63. The summed E-state index contributed by atoms with van der Waals surface area (Å²) in [7, 11) is 0. The maximum Gasteiger partial charge on any atom is 0.224 e. The molecule has 5 heteroatoms. The van der Waals surface area contributed by atoms with Crippen LogP contribution >= 0.6 is 0 Å². The van der Waals surface area contributed by atoms with Gasteiger partial charge in [-0.15, -0.1) is 0 Å². The standard InChI is InChI=1S/C16H24N2O3/c17-15(13-4-2-1-3-5-13)12-16(20)18-8-6-14(7-9-18)21-11-10-19/h1-5,14-15,19H,6-12,17H2. The number of hydrogen-bond donors (Lipinski definition) is 2. The van der Waals surface area contributed by atoms with Gasteiger partial charge in [-0.1, -0.05) is 30.3 Å². The molecule has 3 N–H and O–H groups in total. The molecule has 1 heterocycles. The number of likely N-dealkylation sites (tertiary alicyclic amines) is 1. The van der Waals surface area contributed by atoms with Crippen molar-refractivity contribution >= 4 is 5.91 Å². The highest BCUT2D eigenvalue weighted by Crippen LogP contribution is 2.18. The number of hydrogen-bond acceptors (Lipinski definition) is 4. The monoisotopic (exact) mass is 292 g/mol. The molecule has 0 radical (unpaired) electrons. The summed E-state index contributed by atoms with van der Waals surface area (Å²) in [4.78, 5) is 14.1. The second-order valence-electron chi connectivity index (χ2n) is 5.40. The Bertz CT molecular complexity index is 430. The Hall–Kier alpha value is -1.43. The predicted molar refractivity (Wildman–Crippen MR) is 80.6 cm³/mol. The quantitative estimate of drug-likeness (QED) is 0.822. The Morgan fingerprint density at radius 1 is 1.33 bits per heavy atom. The zero-order valence-corrected chi connectivity index (χ0v) is 12.3. The van der Waals surface area contributed by atoms with Crippen LogP contribution in [0.1, 0.15) is 30.9 Å². The van der Waals surface area contributed by atoms with Gasteiger partial charge in [0.2, 0.25) is 5.91 Å². The summed E-state index contributed by atoms with van der Waals surface area (Å²) in [6.45, 7) is 1.83. The van der Waals surface area contributed by atoms with Crippen molar-refractivity contribution < 1.29 is 14.6 Å². The molecule has 0 aromatic heterocycles. The first-order chi connectivity index (χ1) is 10.2. The minimum atomic E-state index is -0.248. The van der Waals surface area contributed by atoms with Gasteiger partial charge in [0, 0.05) is 25.6 Å². The van der Waals surface area contributed by atoms with E-state index >= 15 is 0 Å². The van der Waals surface area contributed by atoms with E-state index in [1.165, 1.54) is 0 Å². The molecule has 116 valence electrons. The molecular weight excluding hydrogens is 268 g/mol. The van der Waals surface area contributed by atoms with E-state index in [9.17, 15) is 4.79 Å². The van der Waals surface area contributed by atoms with Gasteiger partial charge in [-0.3, -0.25) is 4.79 Å². The Labute approximate surface area is 125 Å². The highest BCUT2D eigenvalue weighted by Gasteiger charge is 2.24. The summed E-state index contributed by atoms with van der Waals surface area (Å²) >= 11 is 0. The van der Waals surface area contributed by atoms with Gasteiger partial charge in [0.05, 0.1) is 19.3 Å². The first-order valence-electron chi connectivity index (χ1n) is 7.51. The molecule has 1 unspecified atom stereocenters. The first-order valence-corrected chi connectivity index (χ1v) is 7.51. The molecule has 2 rings (SSSR count). The van der Waals surface area contributed by atoms with Gasteiger partial charge in [0.1, 0.15) is 0 Å². The Morgan fingerprint density at radius 2 is 2.00 bits per heavy atom. The first kappa shape index (κ1) is 15.9. The molecular formula is C16H24N2O3. The molecule has 1 aliphatic rings. The van der Waals surface area contributed by atoms with Crippen LogP contribution in [-0.2, 0) is 9.53 Å². The zero-order chi connectivity index (χ0) is 15.1. The molecule has 1 aliphatic heterocycles. The molecule has 0 saturated carbocycles. The van der Waals surface area contributed by atoms with E-state index in [0.717, 1.165) is 18.4 Å². The van der Waals surface area contributed by atoms with Gasteiger partial charge in [-0.2, -0.15) is 0 Å². The third-order valence-electron chi connectivity index (χ3n) is 3.86. The van der Waals surface area contributed by atoms with E-state index < -0.39 is 0 Å². The van der Waals surface area contributed by atoms with Gasteiger partial charge in [0.15, 0.2) is 0 Å². The summed E-state index contributed by atoms with van der Waals surface area (Å²) in [5.74, 6) is 0.104. The molecule has 21 heavy (non-hydrogen) atoms. The topological polar surface area (TPSA) is 75.8 Å². The molecule has 1 aromatic rings. The Kier molecular flexibility index (Phi) is 6.17. The van der Waals surface area contributed by atoms with Crippen LogP contribution in [0.2, 0.25) is 0 Å². The number of nitrogens with two attached hydrogens (primary N) is 1. The van der Waals surface area contributed by atoms with Crippen molar-refractivity contribution in [3.05, 3.63) is 35.9 Å². The summed E-state index contributed by atoms with van der Waals surface area (Å²) < 4.78 is 5.50. The molecule has 1 aromatic carbocycles. The fraction of sp³-hybridized carbons (Fsp3) is 0.562. The second-order valence-corrected chi connectivity index (χ2v) is 5.40. The van der Waals surface area contributed by atoms with Crippen molar-refractivity contribution in [3.8, 4) is 0 Å². The van der Waals surface area contributed by atoms with Gasteiger partial charge >= 0.3 is 0 Å². The number of carbonyl (C=O) groups is 1. The van der Waals surface area contributed by atoms with E-state index in [1.54, 1.807) is 0 Å². The SMILES string of the molecule is NC(CC(=O)N1CCC(OCCO)CC1)c1ccccc1. The van der Waals surface area contributed by atoms with E-state index in [1.807, 2.05) is 35.2 Å². The zero-order valence-electron chi connectivity index (χ0n) is 12.3. The largest absolute Gasteiger partial charge is 0.394 e. The maximum atomic E-state index is 12.3. The van der Waals surface area contributed by atoms with Crippen molar-refractivity contribution in [2.75, 3.05) is 26.3 Å². The van der Waals surface area contributed by atoms with Crippen molar-refractivity contribution in [1.82, 2.24) is 4.90 Å². The number of carbonyl (C=O) groups excluding carboxylic acids is 1. The number of aliphatic hydroxyl groups excluding tert-OH is 1. The lowest BCUT2D eigenvalue weighted by atomic mass is 10.0. The summed E-state index contributed by atoms with van der Waals surface area (Å²) in [6.07, 6.45) is 2.15. The lowest BCUT2D eigenvalue weighted by Crippen LogP contribution is -2.42. The number of rotatable bonds is 6. The molecule has 0 bridgehead atoms. The van der Waals surface area contributed by atoms with Crippen LogP contribution in [-0.4, -0.2) is 48.3 Å². The minimum absolute atomic E-state index is 0.0467. The van der Waals surface area contributed by atoms with Crippen molar-refractivity contribution in [2.24, 2.45) is 5.73 Å². The molecule has 0 spiro atoms. The summed E-state index contributed by atoms with van der Waals surface area (Å²) in [5, 5.41) is 8.74. The summed E-state index contributed by atoms with van der Waals surface area (Å²) in [5.41, 5.74) is 7.09. The van der Waals surface area contributed by atoms with Crippen molar-refractivity contribution in [3.63, 3.8) is 0 Å². The average molecular weight is 292 g/mol. The van der Waals surface area contributed by atoms with Gasteiger partial charge in [0.25, 0.3) is 0 Å². The van der Waals surface area contributed by atoms with Crippen LogP contribution in [0.15, 0.2) is 30.3 Å². The molecule has 1 saturated heterocycles. The fourth-order valence-electron chi connectivity index (χ4n) is 2.63. The second kappa shape index (κ2) is 8.12. The van der Waals surface area contributed by atoms with E-state index in [0.29, 0.717) is 26.1 Å². The minimum Gasteiger partial charge on any atom is -0.394 e. The number of nitrogens with zero attached hydrogens (tertiary/aromatic N) is 1. The van der Waals surface area contributed by atoms with Crippen molar-refractivity contribution in [1.29, 1.82) is 0 Å². The number of benzene rings is 1. The van der Waals surface area contributed by atoms with Crippen LogP contribution in [0.4, 0.5) is 0 Å². The Balaban J connectivity index is 1.77. The van der Waals surface area contributed by atoms with Gasteiger partial charge in [-0.05, 0) is 18.4 Å². The molecule has 1 atom stereocenters. The van der Waals surface area contributed by atoms with Gasteiger partial charge < -0.3 is 20.5 Å². The van der Waals surface area contributed by atoms with Gasteiger partial charge in [-0.25, -0.2) is 0 Å². The third kappa shape index (κ3) is 4.81. The highest BCUT2D eigenvalue weighted by atomic mass is 16.5. The third-order valence-corrected chi connectivity index (χ3v) is 3.86. The van der Waals surface area contributed by atoms with E-state index in [4.69, 9.17) is 15.6 Å². The number of ether oxygens (including phenoxy) is 1. The lowest BCUT2D eigenvalue weighted by Gasteiger charge is -2.32. The molecule has 5 nitrogen and oxygen atoms in total. The lowest BCUT2D eigenvalue weighted by molar-refractivity contribution is -0.134. The number of amides is 1. The normalized spacial score (nSPS) is 17.7.